The van der Waals surface area contributed by atoms with Crippen LogP contribution in [0, 0.1) is 23.1 Å². The van der Waals surface area contributed by atoms with Gasteiger partial charge in [-0.25, -0.2) is 12.8 Å². The lowest BCUT2D eigenvalue weighted by Crippen LogP contribution is -2.39. The van der Waals surface area contributed by atoms with Gasteiger partial charge in [0.15, 0.2) is 0 Å². The van der Waals surface area contributed by atoms with Crippen LogP contribution in [-0.4, -0.2) is 31.0 Å². The van der Waals surface area contributed by atoms with Crippen molar-refractivity contribution < 1.29 is 17.9 Å². The van der Waals surface area contributed by atoms with E-state index in [1.807, 2.05) is 30.3 Å². The Labute approximate surface area is 171 Å². The molecule has 1 saturated heterocycles. The Kier molecular flexibility index (Phi) is 6.68. The summed E-state index contributed by atoms with van der Waals surface area (Å²) in [5.74, 6) is -1.48. The van der Waals surface area contributed by atoms with Crippen molar-refractivity contribution in [1.29, 1.82) is 5.26 Å². The molecule has 154 valence electrons. The van der Waals surface area contributed by atoms with Crippen molar-refractivity contribution in [3.05, 3.63) is 71.0 Å². The number of sulfonamides is 1. The number of benzene rings is 2. The summed E-state index contributed by atoms with van der Waals surface area (Å²) in [6.45, 7) is 1.87. The minimum Gasteiger partial charge on any atom is -0.396 e. The monoisotopic (exact) mass is 416 g/mol. The van der Waals surface area contributed by atoms with E-state index in [1.54, 1.807) is 19.1 Å². The van der Waals surface area contributed by atoms with E-state index in [2.05, 4.69) is 6.07 Å². The molecule has 7 heteroatoms. The van der Waals surface area contributed by atoms with Crippen LogP contribution in [0.15, 0.2) is 48.5 Å². The second-order valence-corrected chi connectivity index (χ2v) is 9.65. The molecule has 0 bridgehead atoms. The normalized spacial score (nSPS) is 21.2. The molecule has 1 N–H and O–H groups in total. The molecule has 1 aliphatic heterocycles. The molecular formula is C22H25FN2O3S. The number of hydrogen-bond donors (Lipinski definition) is 1. The van der Waals surface area contributed by atoms with Crippen LogP contribution in [-0.2, 0) is 16.6 Å². The van der Waals surface area contributed by atoms with Crippen LogP contribution in [0.1, 0.15) is 47.6 Å². The second-order valence-electron chi connectivity index (χ2n) is 7.54. The highest BCUT2D eigenvalue weighted by Gasteiger charge is 2.37. The van der Waals surface area contributed by atoms with Crippen LogP contribution in [0.5, 0.6) is 0 Å². The summed E-state index contributed by atoms with van der Waals surface area (Å²) in [6, 6.07) is 15.7. The Balaban J connectivity index is 1.83. The number of rotatable bonds is 6. The van der Waals surface area contributed by atoms with Gasteiger partial charge in [-0.05, 0) is 36.0 Å². The topological polar surface area (TPSA) is 81.4 Å². The molecule has 0 amide bonds. The fourth-order valence-corrected chi connectivity index (χ4v) is 5.82. The summed E-state index contributed by atoms with van der Waals surface area (Å²) in [6.07, 6.45) is 1.26. The van der Waals surface area contributed by atoms with E-state index in [0.29, 0.717) is 24.9 Å². The number of halogens is 1. The Morgan fingerprint density at radius 3 is 2.62 bits per heavy atom. The van der Waals surface area contributed by atoms with Gasteiger partial charge in [-0.15, -0.1) is 0 Å². The average molecular weight is 417 g/mol. The van der Waals surface area contributed by atoms with Gasteiger partial charge < -0.3 is 5.11 Å². The first-order valence-corrected chi connectivity index (χ1v) is 11.2. The first kappa shape index (κ1) is 21.4. The van der Waals surface area contributed by atoms with Crippen LogP contribution < -0.4 is 0 Å². The number of nitriles is 1. The van der Waals surface area contributed by atoms with Crippen molar-refractivity contribution in [3.63, 3.8) is 0 Å². The molecule has 0 aromatic heterocycles. The molecule has 29 heavy (non-hydrogen) atoms. The lowest BCUT2D eigenvalue weighted by molar-refractivity contribution is 0.228. The van der Waals surface area contributed by atoms with E-state index in [-0.39, 0.29) is 24.6 Å². The van der Waals surface area contributed by atoms with Gasteiger partial charge in [0.2, 0.25) is 10.0 Å². The number of aliphatic hydroxyl groups excluding tert-OH is 1. The van der Waals surface area contributed by atoms with Crippen molar-refractivity contribution in [1.82, 2.24) is 4.31 Å². The minimum atomic E-state index is -3.60. The predicted molar refractivity (Wildman–Crippen MR) is 109 cm³/mol. The van der Waals surface area contributed by atoms with Crippen LogP contribution in [0.25, 0.3) is 0 Å². The third kappa shape index (κ3) is 4.50. The predicted octanol–water partition coefficient (Wildman–Crippen LogP) is 3.73. The Morgan fingerprint density at radius 2 is 2.00 bits per heavy atom. The van der Waals surface area contributed by atoms with Crippen molar-refractivity contribution in [3.8, 4) is 6.07 Å². The van der Waals surface area contributed by atoms with Gasteiger partial charge in [0.1, 0.15) is 11.1 Å². The maximum absolute atomic E-state index is 14.7. The van der Waals surface area contributed by atoms with Crippen molar-refractivity contribution >= 4 is 10.0 Å². The van der Waals surface area contributed by atoms with Gasteiger partial charge >= 0.3 is 0 Å². The summed E-state index contributed by atoms with van der Waals surface area (Å²) in [5, 5.41) is 18.0. The van der Waals surface area contributed by atoms with E-state index in [0.717, 1.165) is 5.56 Å². The van der Waals surface area contributed by atoms with Crippen LogP contribution in [0.4, 0.5) is 4.39 Å². The molecule has 0 saturated carbocycles. The number of aliphatic hydroxyl groups is 1. The summed E-state index contributed by atoms with van der Waals surface area (Å²) < 4.78 is 42.3. The molecule has 5 nitrogen and oxygen atoms in total. The minimum absolute atomic E-state index is 0.0371. The summed E-state index contributed by atoms with van der Waals surface area (Å²) in [7, 11) is -3.60. The molecule has 1 heterocycles. The molecule has 0 radical (unpaired) electrons. The van der Waals surface area contributed by atoms with Crippen LogP contribution in [0.2, 0.25) is 0 Å². The van der Waals surface area contributed by atoms with E-state index >= 15 is 0 Å². The third-order valence-corrected chi connectivity index (χ3v) is 7.80. The van der Waals surface area contributed by atoms with Crippen LogP contribution in [0.3, 0.4) is 0 Å². The third-order valence-electron chi connectivity index (χ3n) is 5.54. The Bertz CT molecular complexity index is 989. The number of hydrogen-bond acceptors (Lipinski definition) is 4. The highest BCUT2D eigenvalue weighted by molar-refractivity contribution is 7.89. The molecule has 1 fully saturated rings. The summed E-state index contributed by atoms with van der Waals surface area (Å²) >= 11 is 0. The zero-order valence-electron chi connectivity index (χ0n) is 16.3. The van der Waals surface area contributed by atoms with Crippen molar-refractivity contribution in [2.24, 2.45) is 5.92 Å². The SMILES string of the molecule is CC(CO)C(C#N)c1ccc(CN2CCC[C@H](c3ccccc3)S2(=O)=O)c(F)c1. The molecule has 2 unspecified atom stereocenters. The van der Waals surface area contributed by atoms with Gasteiger partial charge in [-0.1, -0.05) is 49.4 Å². The first-order valence-electron chi connectivity index (χ1n) is 9.71. The molecule has 2 aromatic rings. The highest BCUT2D eigenvalue weighted by Crippen LogP contribution is 2.35. The van der Waals surface area contributed by atoms with Gasteiger partial charge in [0.25, 0.3) is 0 Å². The van der Waals surface area contributed by atoms with E-state index in [9.17, 15) is 23.2 Å². The molecule has 2 aromatic carbocycles. The fraction of sp³-hybridized carbons (Fsp3) is 0.409. The largest absolute Gasteiger partial charge is 0.396 e. The first-order chi connectivity index (χ1) is 13.9. The Morgan fingerprint density at radius 1 is 1.28 bits per heavy atom. The standard InChI is InChI=1S/C22H25FN2O3S/c1-16(15-26)20(13-24)18-9-10-19(21(23)12-18)14-25-11-5-8-22(29(25,27)28)17-6-3-2-4-7-17/h2-4,6-7,9-10,12,16,20,22,26H,5,8,11,14-15H2,1H3/t16?,20?,22-/m1/s1. The lowest BCUT2D eigenvalue weighted by atomic mass is 9.88. The van der Waals surface area contributed by atoms with Gasteiger partial charge in [-0.3, -0.25) is 0 Å². The lowest BCUT2D eigenvalue weighted by Gasteiger charge is -2.32. The average Bonchev–Trinajstić information content (AvgIpc) is 2.72. The quantitative estimate of drug-likeness (QED) is 0.778. The maximum atomic E-state index is 14.7. The molecule has 3 rings (SSSR count). The molecular weight excluding hydrogens is 391 g/mol. The van der Waals surface area contributed by atoms with E-state index in [4.69, 9.17) is 0 Å². The van der Waals surface area contributed by atoms with Gasteiger partial charge in [0.05, 0.1) is 12.0 Å². The smallest absolute Gasteiger partial charge is 0.221 e. The molecule has 3 atom stereocenters. The van der Waals surface area contributed by atoms with Crippen LogP contribution >= 0.6 is 0 Å². The molecule has 1 aliphatic rings. The van der Waals surface area contributed by atoms with Gasteiger partial charge in [0, 0.05) is 25.3 Å². The van der Waals surface area contributed by atoms with Crippen molar-refractivity contribution in [2.45, 2.75) is 37.5 Å². The zero-order chi connectivity index (χ0) is 21.0. The highest BCUT2D eigenvalue weighted by atomic mass is 32.2. The Hall–Kier alpha value is -2.27. The van der Waals surface area contributed by atoms with Gasteiger partial charge in [-0.2, -0.15) is 9.57 Å². The van der Waals surface area contributed by atoms with E-state index < -0.39 is 27.0 Å². The summed E-state index contributed by atoms with van der Waals surface area (Å²) in [5.41, 5.74) is 1.52. The van der Waals surface area contributed by atoms with Crippen molar-refractivity contribution in [2.75, 3.05) is 13.2 Å². The van der Waals surface area contributed by atoms with E-state index in [1.165, 1.54) is 10.4 Å². The summed E-state index contributed by atoms with van der Waals surface area (Å²) in [4.78, 5) is 0. The fourth-order valence-electron chi connectivity index (χ4n) is 3.80. The zero-order valence-corrected chi connectivity index (χ0v) is 17.1. The molecule has 0 spiro atoms. The second kappa shape index (κ2) is 9.04. The molecule has 0 aliphatic carbocycles. The number of nitrogens with zero attached hydrogens (tertiary/aromatic N) is 2. The maximum Gasteiger partial charge on any atom is 0.221 e.